The van der Waals surface area contributed by atoms with E-state index in [0.29, 0.717) is 0 Å². The zero-order valence-electron chi connectivity index (χ0n) is 16.8. The van der Waals surface area contributed by atoms with Crippen LogP contribution >= 0.6 is 0 Å². The van der Waals surface area contributed by atoms with Crippen LogP contribution in [0.15, 0.2) is 0 Å². The Morgan fingerprint density at radius 2 is 2.12 bits per heavy atom. The van der Waals surface area contributed by atoms with Crippen molar-refractivity contribution in [3.63, 3.8) is 0 Å². The molecular weight excluding hydrogens is 126 g/mol. The molecule has 0 saturated heterocycles. The van der Waals surface area contributed by atoms with E-state index in [-0.39, 0.29) is 12.4 Å². The van der Waals surface area contributed by atoms with Gasteiger partial charge >= 0.3 is 0 Å². The summed E-state index contributed by atoms with van der Waals surface area (Å²) in [5.74, 6) is 0. The summed E-state index contributed by atoms with van der Waals surface area (Å²) in [6.07, 6.45) is 0. The summed E-state index contributed by atoms with van der Waals surface area (Å²) in [4.78, 5) is 0. The molecule has 0 atom stereocenters. The van der Waals surface area contributed by atoms with Gasteiger partial charge in [-0.1, -0.05) is 0 Å². The first-order chi connectivity index (χ1) is 8.25. The maximum absolute atomic E-state index is 9.16. The van der Waals surface area contributed by atoms with Gasteiger partial charge in [0.2, 0.25) is 0 Å². The van der Waals surface area contributed by atoms with Crippen molar-refractivity contribution >= 4 is 0 Å². The second-order valence-electron chi connectivity index (χ2n) is 0.894. The summed E-state index contributed by atoms with van der Waals surface area (Å²) in [7, 11) is 0. The highest BCUT2D eigenvalue weighted by atomic mass is 35.5. The molecule has 0 aliphatic heterocycles. The number of halogens is 1. The molecule has 0 aliphatic rings. The van der Waals surface area contributed by atoms with Gasteiger partial charge in [-0.05, 0) is 0 Å². The Bertz CT molecular complexity index is 325. The topological polar surface area (TPSA) is 20.2 Å². The van der Waals surface area contributed by atoms with Crippen molar-refractivity contribution in [2.45, 2.75) is 0 Å². The maximum Gasteiger partial charge on any atom is 0.101 e. The molecule has 0 aromatic rings. The van der Waals surface area contributed by atoms with Crippen LogP contribution in [0.4, 0.5) is 0 Å². The highest BCUT2D eigenvalue weighted by Crippen LogP contribution is 1.84. The van der Waals surface area contributed by atoms with Crippen molar-refractivity contribution in [1.29, 1.82) is 0 Å². The Labute approximate surface area is 75.4 Å². The van der Waals surface area contributed by atoms with E-state index in [0.717, 1.165) is 0 Å². The number of hydrogen-bond donors (Lipinski definition) is 1. The fourth-order valence-electron chi connectivity index (χ4n) is 0.0750. The van der Waals surface area contributed by atoms with Crippen molar-refractivity contribution < 1.29 is 39.8 Å². The van der Waals surface area contributed by atoms with Crippen molar-refractivity contribution in [3.8, 4) is 0 Å². The van der Waals surface area contributed by atoms with E-state index in [9.17, 15) is 0 Å². The van der Waals surface area contributed by atoms with Crippen LogP contribution in [0.25, 0.3) is 0 Å². The maximum atomic E-state index is 9.16. The van der Waals surface area contributed by atoms with Gasteiger partial charge in [0.1, 0.15) is 6.50 Å². The van der Waals surface area contributed by atoms with E-state index in [4.69, 9.17) is 22.9 Å². The van der Waals surface area contributed by atoms with E-state index in [1.807, 2.05) is 0 Å². The second kappa shape index (κ2) is 4.13. The summed E-state index contributed by atoms with van der Waals surface area (Å²) in [5.41, 5.74) is 0. The number of quaternary nitrogens is 1. The Hall–Kier alpha value is 0.210. The molecule has 0 radical (unpaired) electrons. The van der Waals surface area contributed by atoms with Crippen molar-refractivity contribution in [1.82, 2.24) is 0 Å². The molecule has 0 aliphatic carbocycles. The summed E-state index contributed by atoms with van der Waals surface area (Å²) in [5, 5.41) is 9.16. The largest absolute Gasteiger partial charge is 1.00 e. The van der Waals surface area contributed by atoms with E-state index >= 15 is 0 Å². The lowest BCUT2D eigenvalue weighted by atomic mass is 10.5. The van der Waals surface area contributed by atoms with Crippen LogP contribution in [0.2, 0.25) is 0 Å². The number of hydrogen-bond acceptors (Lipinski definition) is 1. The van der Waals surface area contributed by atoms with Crippen molar-refractivity contribution in [2.24, 2.45) is 0 Å². The fourth-order valence-corrected chi connectivity index (χ4v) is 0.0750. The molecule has 0 aromatic heterocycles. The zero-order chi connectivity index (χ0) is 17.0. The summed E-state index contributed by atoms with van der Waals surface area (Å²) < 4.78 is 89.7. The third kappa shape index (κ3) is 9.51. The lowest BCUT2D eigenvalue weighted by molar-refractivity contribution is -0.870. The first-order valence-electron chi connectivity index (χ1n) is 7.87. The van der Waals surface area contributed by atoms with Gasteiger partial charge in [0, 0.05) is 0 Å². The summed E-state index contributed by atoms with van der Waals surface area (Å²) in [6.45, 7) is -20.2. The molecule has 8 heavy (non-hydrogen) atoms. The third-order valence-corrected chi connectivity index (χ3v) is 0.218. The molecule has 0 heterocycles. The molecular formula is C5H14ClNO. The standard InChI is InChI=1S/C5H14NO.ClH/c1-6(2,3)4-5-7;/h7H,4-5H2,1-3H3;1H/q+1;/p-1/i1D3,2D3,3D3,4D2,5D2;. The molecule has 1 N–H and O–H groups in total. The fraction of sp³-hybridized carbons (Fsp3) is 1.00. The van der Waals surface area contributed by atoms with Gasteiger partial charge in [0.25, 0.3) is 0 Å². The highest BCUT2D eigenvalue weighted by Gasteiger charge is 2.02. The van der Waals surface area contributed by atoms with E-state index < -0.39 is 38.5 Å². The van der Waals surface area contributed by atoms with Crippen LogP contribution in [-0.2, 0) is 0 Å². The van der Waals surface area contributed by atoms with Gasteiger partial charge < -0.3 is 22.0 Å². The minimum atomic E-state index is -4.16. The second-order valence-corrected chi connectivity index (χ2v) is 0.894. The molecule has 3 heteroatoms. The predicted octanol–water partition coefficient (Wildman–Crippen LogP) is -3.31. The Morgan fingerprint density at radius 1 is 1.62 bits per heavy atom. The highest BCUT2D eigenvalue weighted by molar-refractivity contribution is 4.19. The lowest BCUT2D eigenvalue weighted by Crippen LogP contribution is -3.00. The van der Waals surface area contributed by atoms with Crippen LogP contribution in [0.5, 0.6) is 0 Å². The third-order valence-electron chi connectivity index (χ3n) is 0.218. The minimum absolute atomic E-state index is 0. The monoisotopic (exact) mass is 152 g/mol. The van der Waals surface area contributed by atoms with Crippen molar-refractivity contribution in [3.05, 3.63) is 0 Å². The van der Waals surface area contributed by atoms with Gasteiger partial charge in [-0.15, -0.1) is 0 Å². The zero-order valence-corrected chi connectivity index (χ0v) is 4.53. The van der Waals surface area contributed by atoms with Crippen LogP contribution in [0, 0.1) is 0 Å². The first-order valence-corrected chi connectivity index (χ1v) is 1.37. The van der Waals surface area contributed by atoms with E-state index in [1.165, 1.54) is 0 Å². The molecule has 0 unspecified atom stereocenters. The lowest BCUT2D eigenvalue weighted by Gasteiger charge is -2.21. The van der Waals surface area contributed by atoms with Crippen LogP contribution in [0.3, 0.4) is 0 Å². The van der Waals surface area contributed by atoms with Gasteiger partial charge in [-0.25, -0.2) is 0 Å². The van der Waals surface area contributed by atoms with Crippen LogP contribution in [0.1, 0.15) is 17.8 Å². The number of aliphatic hydroxyl groups is 1. The van der Waals surface area contributed by atoms with Crippen LogP contribution in [-0.4, -0.2) is 43.6 Å². The number of nitrogens with zero attached hydrogens (tertiary/aromatic N) is 1. The number of likely N-dealkylation sites (N-methyl/N-ethyl adjacent to an activating group) is 1. The Balaban J connectivity index is 0. The molecule has 2 nitrogen and oxygen atoms in total. The quantitative estimate of drug-likeness (QED) is 0.411. The van der Waals surface area contributed by atoms with E-state index in [1.54, 1.807) is 0 Å². The van der Waals surface area contributed by atoms with Gasteiger partial charge in [0.15, 0.2) is 0 Å². The summed E-state index contributed by atoms with van der Waals surface area (Å²) >= 11 is 0. The average molecular weight is 153 g/mol. The van der Waals surface area contributed by atoms with Crippen LogP contribution < -0.4 is 12.4 Å². The average Bonchev–Trinajstić information content (AvgIpc) is 1.89. The SMILES string of the molecule is [2H]C([2H])(O)C([2H])([2H])[N+](C([2H])([2H])[2H])(C([2H])([2H])[2H])C([2H])([2H])[2H].[Cl-]. The van der Waals surface area contributed by atoms with E-state index in [2.05, 4.69) is 0 Å². The van der Waals surface area contributed by atoms with Gasteiger partial charge in [-0.2, -0.15) is 0 Å². The number of rotatable bonds is 2. The Kier molecular flexibility index (Phi) is 0.596. The molecule has 0 fully saturated rings. The minimum Gasteiger partial charge on any atom is -1.00 e. The molecule has 0 rings (SSSR count). The molecule has 0 amide bonds. The van der Waals surface area contributed by atoms with Gasteiger partial charge in [0.05, 0.1) is 45.3 Å². The van der Waals surface area contributed by atoms with Crippen molar-refractivity contribution in [2.75, 3.05) is 34.0 Å². The summed E-state index contributed by atoms with van der Waals surface area (Å²) in [6, 6.07) is 0. The molecule has 0 bridgehead atoms. The molecule has 0 spiro atoms. The normalized spacial score (nSPS) is 42.9. The smallest absolute Gasteiger partial charge is 0.101 e. The molecule has 52 valence electrons. The molecule has 0 aromatic carbocycles. The molecule has 0 saturated carbocycles. The predicted molar refractivity (Wildman–Crippen MR) is 30.0 cm³/mol. The van der Waals surface area contributed by atoms with Gasteiger partial charge in [-0.3, -0.25) is 0 Å². The Morgan fingerprint density at radius 3 is 2.25 bits per heavy atom. The first kappa shape index (κ1) is 1.16.